The van der Waals surface area contributed by atoms with E-state index in [0.717, 1.165) is 36.4 Å². The van der Waals surface area contributed by atoms with Crippen molar-refractivity contribution in [2.75, 3.05) is 38.7 Å². The van der Waals surface area contributed by atoms with Crippen LogP contribution in [0.5, 0.6) is 5.75 Å². The van der Waals surface area contributed by atoms with Gasteiger partial charge in [0.25, 0.3) is 0 Å². The molecule has 1 aliphatic heterocycles. The highest BCUT2D eigenvalue weighted by molar-refractivity contribution is 7.14. The quantitative estimate of drug-likeness (QED) is 0.716. The van der Waals surface area contributed by atoms with Gasteiger partial charge in [0.15, 0.2) is 5.13 Å². The molecular formula is C20H25N3O4S. The lowest BCUT2D eigenvalue weighted by molar-refractivity contribution is -0.150. The Hall–Kier alpha value is -2.45. The Morgan fingerprint density at radius 3 is 2.82 bits per heavy atom. The van der Waals surface area contributed by atoms with Gasteiger partial charge in [0, 0.05) is 17.5 Å². The first-order chi connectivity index (χ1) is 13.6. The number of nitrogens with zero attached hydrogens (tertiary/aromatic N) is 2. The Bertz CT molecular complexity index is 806. The van der Waals surface area contributed by atoms with Gasteiger partial charge >= 0.3 is 5.97 Å². The maximum Gasteiger partial charge on any atom is 0.310 e. The van der Waals surface area contributed by atoms with Crippen molar-refractivity contribution in [3.8, 4) is 17.0 Å². The van der Waals surface area contributed by atoms with Gasteiger partial charge in [0.2, 0.25) is 5.91 Å². The van der Waals surface area contributed by atoms with E-state index in [0.29, 0.717) is 18.3 Å². The second-order valence-corrected chi connectivity index (χ2v) is 7.50. The number of rotatable bonds is 7. The highest BCUT2D eigenvalue weighted by Gasteiger charge is 2.27. The number of carbonyl (C=O) groups excluding carboxylic acids is 2. The van der Waals surface area contributed by atoms with Crippen LogP contribution in [0, 0.1) is 5.92 Å². The van der Waals surface area contributed by atoms with Gasteiger partial charge < -0.3 is 14.8 Å². The molecule has 1 aliphatic rings. The number of benzene rings is 1. The SMILES string of the molecule is CCOC(=O)C1CCCN(CC(=O)Nc2nc(-c3ccc(OC)cc3)cs2)C1. The molecule has 2 aromatic rings. The molecule has 1 N–H and O–H groups in total. The molecule has 1 fully saturated rings. The lowest BCUT2D eigenvalue weighted by Gasteiger charge is -2.30. The first-order valence-electron chi connectivity index (χ1n) is 9.38. The van der Waals surface area contributed by atoms with Crippen LogP contribution < -0.4 is 10.1 Å². The summed E-state index contributed by atoms with van der Waals surface area (Å²) in [7, 11) is 1.63. The molecule has 1 unspecified atom stereocenters. The molecule has 0 spiro atoms. The monoisotopic (exact) mass is 403 g/mol. The van der Waals surface area contributed by atoms with E-state index in [9.17, 15) is 9.59 Å². The summed E-state index contributed by atoms with van der Waals surface area (Å²) in [4.78, 5) is 30.8. The van der Waals surface area contributed by atoms with Gasteiger partial charge in [-0.05, 0) is 50.6 Å². The predicted molar refractivity (Wildman–Crippen MR) is 109 cm³/mol. The van der Waals surface area contributed by atoms with Crippen LogP contribution in [0.1, 0.15) is 19.8 Å². The molecule has 2 heterocycles. The zero-order valence-corrected chi connectivity index (χ0v) is 17.0. The van der Waals surface area contributed by atoms with Crippen molar-refractivity contribution in [2.45, 2.75) is 19.8 Å². The number of methoxy groups -OCH3 is 1. The second kappa shape index (κ2) is 9.66. The largest absolute Gasteiger partial charge is 0.497 e. The van der Waals surface area contributed by atoms with Gasteiger partial charge in [0.05, 0.1) is 31.9 Å². The molecule has 28 heavy (non-hydrogen) atoms. The summed E-state index contributed by atoms with van der Waals surface area (Å²) in [6, 6.07) is 7.62. The molecule has 8 heteroatoms. The number of ether oxygens (including phenoxy) is 2. The molecule has 1 aromatic heterocycles. The first kappa shape index (κ1) is 20.3. The number of amides is 1. The van der Waals surface area contributed by atoms with Gasteiger partial charge in [-0.3, -0.25) is 14.5 Å². The predicted octanol–water partition coefficient (Wildman–Crippen LogP) is 3.03. The molecule has 150 valence electrons. The van der Waals surface area contributed by atoms with Gasteiger partial charge in [-0.25, -0.2) is 4.98 Å². The Labute approximate surface area is 168 Å². The number of carbonyl (C=O) groups is 2. The Balaban J connectivity index is 1.53. The summed E-state index contributed by atoms with van der Waals surface area (Å²) in [5.74, 6) is 0.343. The molecular weight excluding hydrogens is 378 g/mol. The lowest BCUT2D eigenvalue weighted by atomic mass is 9.98. The van der Waals surface area contributed by atoms with E-state index in [1.807, 2.05) is 34.5 Å². The van der Waals surface area contributed by atoms with Crippen molar-refractivity contribution >= 4 is 28.3 Å². The number of hydrogen-bond donors (Lipinski definition) is 1. The second-order valence-electron chi connectivity index (χ2n) is 6.64. The van der Waals surface area contributed by atoms with Crippen molar-refractivity contribution in [3.05, 3.63) is 29.6 Å². The van der Waals surface area contributed by atoms with Crippen molar-refractivity contribution < 1.29 is 19.1 Å². The van der Waals surface area contributed by atoms with Crippen LogP contribution in [0.2, 0.25) is 0 Å². The van der Waals surface area contributed by atoms with E-state index in [-0.39, 0.29) is 24.3 Å². The minimum absolute atomic E-state index is 0.125. The molecule has 0 bridgehead atoms. The summed E-state index contributed by atoms with van der Waals surface area (Å²) in [6.07, 6.45) is 1.70. The Morgan fingerprint density at radius 1 is 1.32 bits per heavy atom. The number of likely N-dealkylation sites (tertiary alicyclic amines) is 1. The summed E-state index contributed by atoms with van der Waals surface area (Å²) < 4.78 is 10.3. The molecule has 7 nitrogen and oxygen atoms in total. The van der Waals surface area contributed by atoms with E-state index in [4.69, 9.17) is 9.47 Å². The number of aromatic nitrogens is 1. The number of hydrogen-bond acceptors (Lipinski definition) is 7. The maximum absolute atomic E-state index is 12.4. The number of thiazole rings is 1. The topological polar surface area (TPSA) is 80.8 Å². The van der Waals surface area contributed by atoms with Gasteiger partial charge in [0.1, 0.15) is 5.75 Å². The molecule has 3 rings (SSSR count). The van der Waals surface area contributed by atoms with Crippen molar-refractivity contribution in [1.29, 1.82) is 0 Å². The molecule has 1 aromatic carbocycles. The fourth-order valence-electron chi connectivity index (χ4n) is 3.24. The summed E-state index contributed by atoms with van der Waals surface area (Å²) >= 11 is 1.39. The van der Waals surface area contributed by atoms with Crippen LogP contribution >= 0.6 is 11.3 Å². The smallest absolute Gasteiger partial charge is 0.310 e. The summed E-state index contributed by atoms with van der Waals surface area (Å²) in [6.45, 7) is 3.80. The van der Waals surface area contributed by atoms with Crippen molar-refractivity contribution in [1.82, 2.24) is 9.88 Å². The zero-order valence-electron chi connectivity index (χ0n) is 16.1. The molecule has 0 aliphatic carbocycles. The number of esters is 1. The molecule has 0 radical (unpaired) electrons. The summed E-state index contributed by atoms with van der Waals surface area (Å²) in [5, 5.41) is 5.33. The fraction of sp³-hybridized carbons (Fsp3) is 0.450. The zero-order chi connectivity index (χ0) is 19.9. The Morgan fingerprint density at radius 2 is 2.11 bits per heavy atom. The molecule has 1 saturated heterocycles. The number of piperidine rings is 1. The van der Waals surface area contributed by atoms with Gasteiger partial charge in [-0.2, -0.15) is 0 Å². The maximum atomic E-state index is 12.4. The highest BCUT2D eigenvalue weighted by atomic mass is 32.1. The van der Waals surface area contributed by atoms with E-state index < -0.39 is 0 Å². The van der Waals surface area contributed by atoms with Crippen LogP contribution in [0.15, 0.2) is 29.6 Å². The summed E-state index contributed by atoms with van der Waals surface area (Å²) in [5.41, 5.74) is 1.77. The molecule has 1 atom stereocenters. The lowest BCUT2D eigenvalue weighted by Crippen LogP contribution is -2.43. The van der Waals surface area contributed by atoms with E-state index in [1.54, 1.807) is 14.0 Å². The first-order valence-corrected chi connectivity index (χ1v) is 10.3. The van der Waals surface area contributed by atoms with Crippen LogP contribution in [0.3, 0.4) is 0 Å². The van der Waals surface area contributed by atoms with Crippen LogP contribution in [0.25, 0.3) is 11.3 Å². The van der Waals surface area contributed by atoms with E-state index in [1.165, 1.54) is 11.3 Å². The van der Waals surface area contributed by atoms with Gasteiger partial charge in [-0.15, -0.1) is 11.3 Å². The van der Waals surface area contributed by atoms with Crippen molar-refractivity contribution in [3.63, 3.8) is 0 Å². The third kappa shape index (κ3) is 5.30. The standard InChI is InChI=1S/C20H25N3O4S/c1-3-27-19(25)15-5-4-10-23(11-15)12-18(24)22-20-21-17(13-28-20)14-6-8-16(26-2)9-7-14/h6-9,13,15H,3-5,10-12H2,1-2H3,(H,21,22,24). The minimum atomic E-state index is -0.170. The normalized spacial score (nSPS) is 17.1. The van der Waals surface area contributed by atoms with Crippen LogP contribution in [0.4, 0.5) is 5.13 Å². The van der Waals surface area contributed by atoms with Crippen LogP contribution in [-0.2, 0) is 14.3 Å². The van der Waals surface area contributed by atoms with Gasteiger partial charge in [-0.1, -0.05) is 0 Å². The third-order valence-electron chi connectivity index (χ3n) is 4.63. The highest BCUT2D eigenvalue weighted by Crippen LogP contribution is 2.26. The van der Waals surface area contributed by atoms with E-state index >= 15 is 0 Å². The fourth-order valence-corrected chi connectivity index (χ4v) is 3.97. The van der Waals surface area contributed by atoms with E-state index in [2.05, 4.69) is 10.3 Å². The number of anilines is 1. The average Bonchev–Trinajstić information content (AvgIpc) is 3.16. The molecule has 1 amide bonds. The molecule has 0 saturated carbocycles. The van der Waals surface area contributed by atoms with Crippen molar-refractivity contribution in [2.24, 2.45) is 5.92 Å². The van der Waals surface area contributed by atoms with Crippen LogP contribution in [-0.4, -0.2) is 55.1 Å². The Kier molecular flexibility index (Phi) is 7.00. The number of nitrogens with one attached hydrogen (secondary N) is 1. The minimum Gasteiger partial charge on any atom is -0.497 e. The third-order valence-corrected chi connectivity index (χ3v) is 5.39. The average molecular weight is 404 g/mol.